The first-order chi connectivity index (χ1) is 9.47. The first-order valence-corrected chi connectivity index (χ1v) is 7.32. The summed E-state index contributed by atoms with van der Waals surface area (Å²) >= 11 is 7.26. The second-order valence-electron chi connectivity index (χ2n) is 4.46. The predicted molar refractivity (Wildman–Crippen MR) is 75.2 cm³/mol. The number of hydrogen-bond donors (Lipinski definition) is 2. The van der Waals surface area contributed by atoms with Gasteiger partial charge in [-0.2, -0.15) is 0 Å². The van der Waals surface area contributed by atoms with Crippen LogP contribution in [-0.4, -0.2) is 47.8 Å². The lowest BCUT2D eigenvalue weighted by Gasteiger charge is -2.31. The molecule has 0 aromatic carbocycles. The molecule has 6 nitrogen and oxygen atoms in total. The summed E-state index contributed by atoms with van der Waals surface area (Å²) in [6.45, 7) is 2.52. The van der Waals surface area contributed by atoms with E-state index in [9.17, 15) is 9.59 Å². The molecular formula is C12H15ClN2O4S. The van der Waals surface area contributed by atoms with Gasteiger partial charge in [0.05, 0.1) is 23.5 Å². The first-order valence-electron chi connectivity index (χ1n) is 6.12. The minimum absolute atomic E-state index is 0.0546. The highest BCUT2D eigenvalue weighted by Crippen LogP contribution is 2.26. The van der Waals surface area contributed by atoms with E-state index in [1.807, 2.05) is 13.0 Å². The number of carboxylic acids is 1. The number of amides is 2. The number of hydrogen-bond acceptors (Lipinski definition) is 4. The van der Waals surface area contributed by atoms with Crippen LogP contribution in [0.15, 0.2) is 12.1 Å². The van der Waals surface area contributed by atoms with Gasteiger partial charge in [0.1, 0.15) is 0 Å². The fourth-order valence-corrected chi connectivity index (χ4v) is 2.96. The normalized spacial score (nSPS) is 20.5. The molecule has 2 unspecified atom stereocenters. The smallest absolute Gasteiger partial charge is 0.334 e. The summed E-state index contributed by atoms with van der Waals surface area (Å²) in [5, 5.41) is 11.7. The van der Waals surface area contributed by atoms with Crippen LogP contribution >= 0.6 is 22.9 Å². The minimum Gasteiger partial charge on any atom is -0.479 e. The quantitative estimate of drug-likeness (QED) is 0.893. The summed E-state index contributed by atoms with van der Waals surface area (Å²) < 4.78 is 5.74. The van der Waals surface area contributed by atoms with Crippen LogP contribution in [-0.2, 0) is 9.53 Å². The van der Waals surface area contributed by atoms with Crippen molar-refractivity contribution in [1.82, 2.24) is 10.2 Å². The van der Waals surface area contributed by atoms with Gasteiger partial charge in [-0.05, 0) is 19.1 Å². The Morgan fingerprint density at radius 1 is 1.60 bits per heavy atom. The van der Waals surface area contributed by atoms with Crippen LogP contribution in [0.1, 0.15) is 17.8 Å². The fraction of sp³-hybridized carbons (Fsp3) is 0.500. The summed E-state index contributed by atoms with van der Waals surface area (Å²) in [7, 11) is 0. The number of carbonyl (C=O) groups is 2. The summed E-state index contributed by atoms with van der Waals surface area (Å²) in [4.78, 5) is 25.4. The van der Waals surface area contributed by atoms with Crippen LogP contribution in [0.25, 0.3) is 0 Å². The third-order valence-corrected chi connectivity index (χ3v) is 4.40. The van der Waals surface area contributed by atoms with Crippen LogP contribution in [0.4, 0.5) is 4.79 Å². The number of nitrogens with one attached hydrogen (secondary N) is 1. The molecule has 0 spiro atoms. The van der Waals surface area contributed by atoms with E-state index in [1.54, 1.807) is 6.07 Å². The van der Waals surface area contributed by atoms with Crippen LogP contribution < -0.4 is 5.32 Å². The number of urea groups is 1. The SMILES string of the molecule is CC(NC(=O)N1CCOC(C(=O)O)C1)c1ccc(Cl)s1. The van der Waals surface area contributed by atoms with E-state index in [1.165, 1.54) is 16.2 Å². The molecule has 0 aliphatic carbocycles. The lowest BCUT2D eigenvalue weighted by Crippen LogP contribution is -2.52. The Morgan fingerprint density at radius 3 is 2.95 bits per heavy atom. The number of carboxylic acid groups (broad SMARTS) is 1. The molecule has 1 aliphatic rings. The lowest BCUT2D eigenvalue weighted by atomic mass is 10.2. The summed E-state index contributed by atoms with van der Waals surface area (Å²) in [6, 6.07) is 3.17. The molecule has 2 heterocycles. The summed E-state index contributed by atoms with van der Waals surface area (Å²) in [5.41, 5.74) is 0. The summed E-state index contributed by atoms with van der Waals surface area (Å²) in [6.07, 6.45) is -0.957. The zero-order valence-corrected chi connectivity index (χ0v) is 12.4. The molecule has 8 heteroatoms. The van der Waals surface area contributed by atoms with E-state index < -0.39 is 12.1 Å². The van der Waals surface area contributed by atoms with Crippen molar-refractivity contribution < 1.29 is 19.4 Å². The zero-order chi connectivity index (χ0) is 14.7. The molecule has 0 radical (unpaired) electrons. The molecule has 2 atom stereocenters. The number of rotatable bonds is 3. The average Bonchev–Trinajstić information content (AvgIpc) is 2.85. The molecule has 20 heavy (non-hydrogen) atoms. The van der Waals surface area contributed by atoms with Crippen LogP contribution in [0, 0.1) is 0 Å². The van der Waals surface area contributed by atoms with E-state index in [-0.39, 0.29) is 25.2 Å². The van der Waals surface area contributed by atoms with Crippen molar-refractivity contribution in [2.75, 3.05) is 19.7 Å². The van der Waals surface area contributed by atoms with Crippen LogP contribution in [0.2, 0.25) is 4.34 Å². The Balaban J connectivity index is 1.92. The highest BCUT2D eigenvalue weighted by molar-refractivity contribution is 7.16. The van der Waals surface area contributed by atoms with Crippen molar-refractivity contribution >= 4 is 34.9 Å². The Kier molecular flexibility index (Phi) is 4.85. The molecule has 2 amide bonds. The number of halogens is 1. The molecule has 2 N–H and O–H groups in total. The largest absolute Gasteiger partial charge is 0.479 e. The Morgan fingerprint density at radius 2 is 2.35 bits per heavy atom. The van der Waals surface area contributed by atoms with Crippen molar-refractivity contribution in [2.45, 2.75) is 19.1 Å². The van der Waals surface area contributed by atoms with Crippen molar-refractivity contribution in [3.05, 3.63) is 21.3 Å². The first kappa shape index (κ1) is 15.1. The Hall–Kier alpha value is -1.31. The topological polar surface area (TPSA) is 78.9 Å². The van der Waals surface area contributed by atoms with Gasteiger partial charge in [0.2, 0.25) is 0 Å². The summed E-state index contributed by atoms with van der Waals surface area (Å²) in [5.74, 6) is -1.06. The van der Waals surface area contributed by atoms with Gasteiger partial charge in [-0.3, -0.25) is 0 Å². The van der Waals surface area contributed by atoms with Gasteiger partial charge >= 0.3 is 12.0 Å². The van der Waals surface area contributed by atoms with Crippen molar-refractivity contribution in [1.29, 1.82) is 0 Å². The van der Waals surface area contributed by atoms with Crippen molar-refractivity contribution in [3.8, 4) is 0 Å². The third-order valence-electron chi connectivity index (χ3n) is 2.99. The molecule has 0 saturated carbocycles. The van der Waals surface area contributed by atoms with Gasteiger partial charge in [0.25, 0.3) is 0 Å². The van der Waals surface area contributed by atoms with Gasteiger partial charge in [-0.1, -0.05) is 11.6 Å². The van der Waals surface area contributed by atoms with Gasteiger partial charge in [0, 0.05) is 11.4 Å². The molecule has 110 valence electrons. The maximum Gasteiger partial charge on any atom is 0.334 e. The Bertz CT molecular complexity index is 507. The molecule has 1 fully saturated rings. The van der Waals surface area contributed by atoms with Gasteiger partial charge < -0.3 is 20.1 Å². The number of thiophene rings is 1. The molecule has 1 aromatic heterocycles. The highest BCUT2D eigenvalue weighted by atomic mass is 35.5. The van der Waals surface area contributed by atoms with Gasteiger partial charge in [-0.25, -0.2) is 9.59 Å². The van der Waals surface area contributed by atoms with Crippen molar-refractivity contribution in [3.63, 3.8) is 0 Å². The van der Waals surface area contributed by atoms with E-state index in [2.05, 4.69) is 5.32 Å². The monoisotopic (exact) mass is 318 g/mol. The van der Waals surface area contributed by atoms with Gasteiger partial charge in [0.15, 0.2) is 6.10 Å². The average molecular weight is 319 g/mol. The van der Waals surface area contributed by atoms with Crippen molar-refractivity contribution in [2.24, 2.45) is 0 Å². The van der Waals surface area contributed by atoms with E-state index in [0.29, 0.717) is 10.9 Å². The molecule has 2 rings (SSSR count). The molecule has 1 aromatic rings. The lowest BCUT2D eigenvalue weighted by molar-refractivity contribution is -0.154. The predicted octanol–water partition coefficient (Wildman–Crippen LogP) is 1.96. The second-order valence-corrected chi connectivity index (χ2v) is 6.20. The van der Waals surface area contributed by atoms with Crippen LogP contribution in [0.5, 0.6) is 0 Å². The highest BCUT2D eigenvalue weighted by Gasteiger charge is 2.29. The van der Waals surface area contributed by atoms with Crippen LogP contribution in [0.3, 0.4) is 0 Å². The van der Waals surface area contributed by atoms with E-state index in [4.69, 9.17) is 21.4 Å². The standard InChI is InChI=1S/C12H15ClN2O4S/c1-7(9-2-3-10(13)20-9)14-12(18)15-4-5-19-8(6-15)11(16)17/h2-3,7-8H,4-6H2,1H3,(H,14,18)(H,16,17). The maximum absolute atomic E-state index is 12.1. The molecule has 1 aliphatic heterocycles. The van der Waals surface area contributed by atoms with E-state index in [0.717, 1.165) is 4.88 Å². The maximum atomic E-state index is 12.1. The number of nitrogens with zero attached hydrogens (tertiary/aromatic N) is 1. The molecule has 0 bridgehead atoms. The fourth-order valence-electron chi connectivity index (χ4n) is 1.89. The molecular weight excluding hydrogens is 304 g/mol. The number of aliphatic carboxylic acids is 1. The Labute approximate surface area is 125 Å². The molecule has 1 saturated heterocycles. The number of carbonyl (C=O) groups excluding carboxylic acids is 1. The van der Waals surface area contributed by atoms with Gasteiger partial charge in [-0.15, -0.1) is 11.3 Å². The number of morpholine rings is 1. The zero-order valence-electron chi connectivity index (χ0n) is 10.8. The number of ether oxygens (including phenoxy) is 1. The van der Waals surface area contributed by atoms with E-state index >= 15 is 0 Å². The minimum atomic E-state index is -1.06. The second kappa shape index (κ2) is 6.43. The third kappa shape index (κ3) is 3.62.